The molecular formula is C12H20. The first-order valence-corrected chi connectivity index (χ1v) is 4.77. The van der Waals surface area contributed by atoms with E-state index in [0.717, 1.165) is 0 Å². The zero-order valence-corrected chi connectivity index (χ0v) is 8.67. The molecule has 1 rings (SSSR count). The van der Waals surface area contributed by atoms with E-state index in [9.17, 15) is 0 Å². The number of hydrogen-bond donors (Lipinski definition) is 0. The van der Waals surface area contributed by atoms with Gasteiger partial charge in [-0.05, 0) is 11.5 Å². The maximum atomic E-state index is 2.20. The predicted octanol–water partition coefficient (Wildman–Crippen LogP) is 4.23. The molecule has 0 spiro atoms. The van der Waals surface area contributed by atoms with E-state index < -0.39 is 0 Å². The molecule has 0 aliphatic rings. The van der Waals surface area contributed by atoms with Crippen LogP contribution >= 0.6 is 0 Å². The second kappa shape index (κ2) is 6.90. The summed E-state index contributed by atoms with van der Waals surface area (Å²) in [5.74, 6) is 0.659. The Bertz CT molecular complexity index is 174. The molecule has 0 aliphatic heterocycles. The monoisotopic (exact) mass is 164 g/mol. The van der Waals surface area contributed by atoms with Crippen LogP contribution in [0.25, 0.3) is 0 Å². The molecule has 0 saturated heterocycles. The average molecular weight is 164 g/mol. The molecule has 68 valence electrons. The van der Waals surface area contributed by atoms with Gasteiger partial charge in [0.15, 0.2) is 0 Å². The number of rotatable bonds is 1. The summed E-state index contributed by atoms with van der Waals surface area (Å²) in [6.45, 7) is 8.66. The van der Waals surface area contributed by atoms with Crippen LogP contribution in [0.4, 0.5) is 0 Å². The highest BCUT2D eigenvalue weighted by atomic mass is 14.0. The van der Waals surface area contributed by atoms with Crippen molar-refractivity contribution in [2.45, 2.75) is 40.0 Å². The van der Waals surface area contributed by atoms with Crippen LogP contribution < -0.4 is 0 Å². The first kappa shape index (κ1) is 11.2. The molecule has 0 radical (unpaired) electrons. The molecule has 0 N–H and O–H groups in total. The van der Waals surface area contributed by atoms with E-state index in [1.165, 1.54) is 12.0 Å². The Balaban J connectivity index is 0.000000354. The largest absolute Gasteiger partial charge is 0.0656 e. The molecule has 0 bridgehead atoms. The fraction of sp³-hybridized carbons (Fsp3) is 0.500. The van der Waals surface area contributed by atoms with Gasteiger partial charge in [0.1, 0.15) is 0 Å². The molecular weight excluding hydrogens is 144 g/mol. The summed E-state index contributed by atoms with van der Waals surface area (Å²) in [7, 11) is 0. The van der Waals surface area contributed by atoms with Crippen molar-refractivity contribution in [3.05, 3.63) is 35.9 Å². The van der Waals surface area contributed by atoms with Gasteiger partial charge in [-0.2, -0.15) is 0 Å². The molecule has 0 unspecified atom stereocenters. The summed E-state index contributed by atoms with van der Waals surface area (Å²) in [5, 5.41) is 0. The second-order valence-corrected chi connectivity index (χ2v) is 3.27. The Kier molecular flexibility index (Phi) is 6.45. The fourth-order valence-corrected chi connectivity index (χ4v) is 0.838. The van der Waals surface area contributed by atoms with Crippen LogP contribution in [0.5, 0.6) is 0 Å². The summed E-state index contributed by atoms with van der Waals surface area (Å²) in [5.41, 5.74) is 1.41. The van der Waals surface area contributed by atoms with E-state index in [1.807, 2.05) is 6.07 Å². The molecule has 0 aliphatic carbocycles. The standard InChI is InChI=1S/C9H12.C3H8/c1-8(2)9-6-4-3-5-7-9;1-3-2/h3-8H,1-2H3;3H2,1-2H3. The third-order valence-corrected chi connectivity index (χ3v) is 1.47. The maximum Gasteiger partial charge on any atom is -0.0219 e. The molecule has 0 fully saturated rings. The van der Waals surface area contributed by atoms with Crippen LogP contribution in [0.3, 0.4) is 0 Å². The highest BCUT2D eigenvalue weighted by molar-refractivity contribution is 5.17. The SMILES string of the molecule is CC(C)c1ccccc1.CCC. The van der Waals surface area contributed by atoms with E-state index in [4.69, 9.17) is 0 Å². The highest BCUT2D eigenvalue weighted by Gasteiger charge is 1.93. The molecule has 0 saturated carbocycles. The molecule has 1 aromatic rings. The first-order valence-electron chi connectivity index (χ1n) is 4.77. The fourth-order valence-electron chi connectivity index (χ4n) is 0.838. The molecule has 1 aromatic carbocycles. The molecule has 0 aromatic heterocycles. The van der Waals surface area contributed by atoms with Crippen LogP contribution in [0, 0.1) is 0 Å². The van der Waals surface area contributed by atoms with Crippen molar-refractivity contribution in [1.29, 1.82) is 0 Å². The van der Waals surface area contributed by atoms with Crippen LogP contribution in [-0.4, -0.2) is 0 Å². The second-order valence-electron chi connectivity index (χ2n) is 3.27. The Morgan fingerprint density at radius 3 is 1.67 bits per heavy atom. The Hall–Kier alpha value is -0.780. The van der Waals surface area contributed by atoms with Gasteiger partial charge in [0.25, 0.3) is 0 Å². The van der Waals surface area contributed by atoms with E-state index >= 15 is 0 Å². The molecule has 12 heavy (non-hydrogen) atoms. The predicted molar refractivity (Wildman–Crippen MR) is 56.5 cm³/mol. The van der Waals surface area contributed by atoms with Crippen molar-refractivity contribution >= 4 is 0 Å². The lowest BCUT2D eigenvalue weighted by molar-refractivity contribution is 0.867. The van der Waals surface area contributed by atoms with Gasteiger partial charge in [-0.25, -0.2) is 0 Å². The van der Waals surface area contributed by atoms with E-state index in [0.29, 0.717) is 5.92 Å². The van der Waals surface area contributed by atoms with Gasteiger partial charge in [-0.3, -0.25) is 0 Å². The van der Waals surface area contributed by atoms with Crippen molar-refractivity contribution in [2.24, 2.45) is 0 Å². The minimum atomic E-state index is 0.659. The summed E-state index contributed by atoms with van der Waals surface area (Å²) in [6.07, 6.45) is 1.25. The minimum Gasteiger partial charge on any atom is -0.0656 e. The van der Waals surface area contributed by atoms with Crippen molar-refractivity contribution in [3.8, 4) is 0 Å². The van der Waals surface area contributed by atoms with Gasteiger partial charge in [0.05, 0.1) is 0 Å². The Labute approximate surface area is 76.6 Å². The summed E-state index contributed by atoms with van der Waals surface area (Å²) in [4.78, 5) is 0. The molecule has 0 heteroatoms. The summed E-state index contributed by atoms with van der Waals surface area (Å²) >= 11 is 0. The summed E-state index contributed by atoms with van der Waals surface area (Å²) in [6, 6.07) is 10.5. The smallest absolute Gasteiger partial charge is 0.0219 e. The van der Waals surface area contributed by atoms with E-state index in [-0.39, 0.29) is 0 Å². The van der Waals surface area contributed by atoms with Gasteiger partial charge >= 0.3 is 0 Å². The van der Waals surface area contributed by atoms with Crippen LogP contribution in [0.2, 0.25) is 0 Å². The topological polar surface area (TPSA) is 0 Å². The van der Waals surface area contributed by atoms with Crippen molar-refractivity contribution < 1.29 is 0 Å². The van der Waals surface area contributed by atoms with Gasteiger partial charge < -0.3 is 0 Å². The molecule has 0 amide bonds. The highest BCUT2D eigenvalue weighted by Crippen LogP contribution is 2.11. The van der Waals surface area contributed by atoms with Crippen LogP contribution in [-0.2, 0) is 0 Å². The van der Waals surface area contributed by atoms with E-state index in [2.05, 4.69) is 52.0 Å². The van der Waals surface area contributed by atoms with Crippen LogP contribution in [0.15, 0.2) is 30.3 Å². The number of benzene rings is 1. The summed E-state index contributed by atoms with van der Waals surface area (Å²) < 4.78 is 0. The Morgan fingerprint density at radius 1 is 1.00 bits per heavy atom. The molecule has 0 atom stereocenters. The third kappa shape index (κ3) is 4.95. The lowest BCUT2D eigenvalue weighted by atomic mass is 10.0. The van der Waals surface area contributed by atoms with Crippen molar-refractivity contribution in [3.63, 3.8) is 0 Å². The van der Waals surface area contributed by atoms with E-state index in [1.54, 1.807) is 0 Å². The van der Waals surface area contributed by atoms with Crippen molar-refractivity contribution in [2.75, 3.05) is 0 Å². The molecule has 0 heterocycles. The lowest BCUT2D eigenvalue weighted by Crippen LogP contribution is -1.83. The van der Waals surface area contributed by atoms with Crippen LogP contribution in [0.1, 0.15) is 45.6 Å². The zero-order chi connectivity index (χ0) is 9.40. The minimum absolute atomic E-state index is 0.659. The van der Waals surface area contributed by atoms with Gasteiger partial charge in [-0.1, -0.05) is 64.4 Å². The maximum absolute atomic E-state index is 2.20. The third-order valence-electron chi connectivity index (χ3n) is 1.47. The van der Waals surface area contributed by atoms with Crippen molar-refractivity contribution in [1.82, 2.24) is 0 Å². The zero-order valence-electron chi connectivity index (χ0n) is 8.67. The normalized spacial score (nSPS) is 9.08. The average Bonchev–Trinajstić information content (AvgIpc) is 2.07. The lowest BCUT2D eigenvalue weighted by Gasteiger charge is -2.01. The quantitative estimate of drug-likeness (QED) is 0.582. The first-order chi connectivity index (χ1) is 5.72. The number of hydrogen-bond acceptors (Lipinski definition) is 0. The van der Waals surface area contributed by atoms with Gasteiger partial charge in [-0.15, -0.1) is 0 Å². The molecule has 0 nitrogen and oxygen atoms in total. The van der Waals surface area contributed by atoms with Gasteiger partial charge in [0, 0.05) is 0 Å². The van der Waals surface area contributed by atoms with Gasteiger partial charge in [0.2, 0.25) is 0 Å². The Morgan fingerprint density at radius 2 is 1.42 bits per heavy atom.